The Labute approximate surface area is 210 Å². The van der Waals surface area contributed by atoms with E-state index in [1.165, 1.54) is 42.7 Å². The molecule has 0 unspecified atom stereocenters. The molecule has 2 aromatic heterocycles. The number of nitrogens with zero attached hydrogens (tertiary/aromatic N) is 2. The van der Waals surface area contributed by atoms with Gasteiger partial charge in [0.05, 0.1) is 35.9 Å². The lowest BCUT2D eigenvalue weighted by Crippen LogP contribution is -2.35. The first kappa shape index (κ1) is 26.0. The molecule has 0 spiro atoms. The van der Waals surface area contributed by atoms with E-state index in [0.29, 0.717) is 4.57 Å². The number of anilines is 1. The maximum absolute atomic E-state index is 15.0. The van der Waals surface area contributed by atoms with Crippen LogP contribution in [0.1, 0.15) is 15.2 Å². The van der Waals surface area contributed by atoms with E-state index in [0.717, 1.165) is 23.5 Å². The molecule has 37 heavy (non-hydrogen) atoms. The summed E-state index contributed by atoms with van der Waals surface area (Å²) in [6.07, 6.45) is 0. The number of aromatic nitrogens is 2. The molecule has 4 rings (SSSR count). The van der Waals surface area contributed by atoms with Gasteiger partial charge < -0.3 is 24.5 Å². The monoisotopic (exact) mass is 535 g/mol. The van der Waals surface area contributed by atoms with Gasteiger partial charge >= 0.3 is 11.7 Å². The number of aromatic carboxylic acids is 1. The largest absolute Gasteiger partial charge is 0.496 e. The number of hydrogen-bond donors (Lipinski definition) is 2. The van der Waals surface area contributed by atoms with Crippen LogP contribution in [0.2, 0.25) is 0 Å². The Balaban J connectivity index is 1.87. The van der Waals surface area contributed by atoms with Gasteiger partial charge in [-0.25, -0.2) is 27.3 Å². The third-order valence-corrected chi connectivity index (χ3v) is 6.64. The van der Waals surface area contributed by atoms with Crippen LogP contribution in [0.15, 0.2) is 45.3 Å². The van der Waals surface area contributed by atoms with Gasteiger partial charge in [0.15, 0.2) is 11.6 Å². The second-order valence-electron chi connectivity index (χ2n) is 7.82. The zero-order valence-corrected chi connectivity index (χ0v) is 20.3. The molecular weight excluding hydrogens is 515 g/mol. The van der Waals surface area contributed by atoms with Crippen LogP contribution in [0.4, 0.5) is 18.9 Å². The number of aromatic amines is 1. The number of benzene rings is 2. The fourth-order valence-corrected chi connectivity index (χ4v) is 4.72. The molecule has 0 aliphatic carbocycles. The van der Waals surface area contributed by atoms with Gasteiger partial charge in [0, 0.05) is 31.3 Å². The third kappa shape index (κ3) is 4.82. The predicted molar refractivity (Wildman–Crippen MR) is 131 cm³/mol. The molecule has 4 aromatic rings. The van der Waals surface area contributed by atoms with Crippen molar-refractivity contribution in [1.82, 2.24) is 9.55 Å². The van der Waals surface area contributed by atoms with Gasteiger partial charge in [0.1, 0.15) is 16.4 Å². The normalized spacial score (nSPS) is 11.2. The highest BCUT2D eigenvalue weighted by atomic mass is 32.1. The molecule has 2 heterocycles. The molecule has 194 valence electrons. The van der Waals surface area contributed by atoms with Crippen molar-refractivity contribution in [3.8, 4) is 11.4 Å². The Kier molecular flexibility index (Phi) is 7.36. The minimum Gasteiger partial charge on any atom is -0.496 e. The average molecular weight is 536 g/mol. The molecule has 0 aliphatic heterocycles. The molecule has 0 bridgehead atoms. The molecule has 0 saturated heterocycles. The lowest BCUT2D eigenvalue weighted by atomic mass is 10.1. The summed E-state index contributed by atoms with van der Waals surface area (Å²) in [5.74, 6) is -4.44. The number of halogens is 3. The fourth-order valence-electron chi connectivity index (χ4n) is 3.89. The number of thiophene rings is 1. The lowest BCUT2D eigenvalue weighted by Gasteiger charge is -2.26. The fraction of sp³-hybridized carbons (Fsp3) is 0.208. The lowest BCUT2D eigenvalue weighted by molar-refractivity contribution is 0.0704. The van der Waals surface area contributed by atoms with Crippen molar-refractivity contribution in [3.63, 3.8) is 0 Å². The van der Waals surface area contributed by atoms with Gasteiger partial charge in [0.25, 0.3) is 5.56 Å². The van der Waals surface area contributed by atoms with Crippen LogP contribution in [0.5, 0.6) is 5.75 Å². The van der Waals surface area contributed by atoms with E-state index in [9.17, 15) is 32.7 Å². The van der Waals surface area contributed by atoms with Crippen LogP contribution in [-0.2, 0) is 11.3 Å². The number of carbonyl (C=O) groups is 1. The molecule has 2 N–H and O–H groups in total. The van der Waals surface area contributed by atoms with Crippen molar-refractivity contribution < 1.29 is 32.5 Å². The van der Waals surface area contributed by atoms with Crippen molar-refractivity contribution in [2.75, 3.05) is 32.3 Å². The smallest absolute Gasteiger partial charge is 0.346 e. The summed E-state index contributed by atoms with van der Waals surface area (Å²) in [5.41, 5.74) is -2.30. The summed E-state index contributed by atoms with van der Waals surface area (Å²) < 4.78 is 54.4. The van der Waals surface area contributed by atoms with Crippen molar-refractivity contribution in [1.29, 1.82) is 0 Å². The number of fused-ring (bicyclic) bond motifs is 1. The maximum Gasteiger partial charge on any atom is 0.346 e. The maximum atomic E-state index is 15.0. The topological polar surface area (TPSA) is 114 Å². The highest BCUT2D eigenvalue weighted by Crippen LogP contribution is 2.29. The first-order chi connectivity index (χ1) is 17.7. The van der Waals surface area contributed by atoms with Crippen molar-refractivity contribution in [2.24, 2.45) is 0 Å². The predicted octanol–water partition coefficient (Wildman–Crippen LogP) is 3.52. The van der Waals surface area contributed by atoms with E-state index in [2.05, 4.69) is 4.98 Å². The highest BCUT2D eigenvalue weighted by molar-refractivity contribution is 7.13. The summed E-state index contributed by atoms with van der Waals surface area (Å²) in [4.78, 5) is 41.1. The number of H-pyrrole nitrogens is 1. The number of methoxy groups -OCH3 is 2. The Morgan fingerprint density at radius 2 is 1.86 bits per heavy atom. The van der Waals surface area contributed by atoms with Crippen LogP contribution in [0, 0.1) is 17.5 Å². The van der Waals surface area contributed by atoms with E-state index >= 15 is 0 Å². The van der Waals surface area contributed by atoms with Gasteiger partial charge in [-0.2, -0.15) is 0 Å². The molecule has 0 atom stereocenters. The van der Waals surface area contributed by atoms with E-state index in [-0.39, 0.29) is 52.5 Å². The standard InChI is InChI=1S/C24H20F3N3O6S/c1-35-8-7-29(10-13-18(36-2)6-5-15(26)20(13)27)12-3-4-14(25)17(9-12)30-22(31)19-16(28-24(30)34)11-37-21(19)23(32)33/h3-6,9,11H,7-8,10H2,1-2H3,(H,28,34)(H,32,33). The Bertz CT molecular complexity index is 1610. The second kappa shape index (κ2) is 10.5. The highest BCUT2D eigenvalue weighted by Gasteiger charge is 2.23. The molecule has 0 radical (unpaired) electrons. The zero-order valence-electron chi connectivity index (χ0n) is 19.5. The number of ether oxygens (including phenoxy) is 2. The van der Waals surface area contributed by atoms with Crippen molar-refractivity contribution in [3.05, 3.63) is 84.4 Å². The Morgan fingerprint density at radius 3 is 2.54 bits per heavy atom. The Hall–Kier alpha value is -4.10. The number of carboxylic acids is 1. The summed E-state index contributed by atoms with van der Waals surface area (Å²) in [5, 5.41) is 10.5. The second-order valence-corrected chi connectivity index (χ2v) is 8.70. The van der Waals surface area contributed by atoms with E-state index in [4.69, 9.17) is 9.47 Å². The van der Waals surface area contributed by atoms with E-state index < -0.39 is 40.4 Å². The molecule has 0 amide bonds. The van der Waals surface area contributed by atoms with Crippen molar-refractivity contribution in [2.45, 2.75) is 6.54 Å². The van der Waals surface area contributed by atoms with Crippen LogP contribution in [0.3, 0.4) is 0 Å². The van der Waals surface area contributed by atoms with E-state index in [1.54, 1.807) is 0 Å². The first-order valence-electron chi connectivity index (χ1n) is 10.7. The summed E-state index contributed by atoms with van der Waals surface area (Å²) >= 11 is 0.749. The minimum absolute atomic E-state index is 0.0145. The van der Waals surface area contributed by atoms with Crippen LogP contribution in [-0.4, -0.2) is 48.0 Å². The van der Waals surface area contributed by atoms with Crippen LogP contribution >= 0.6 is 11.3 Å². The molecule has 9 nitrogen and oxygen atoms in total. The molecule has 0 saturated carbocycles. The van der Waals surface area contributed by atoms with Crippen LogP contribution < -0.4 is 20.9 Å². The molecule has 2 aromatic carbocycles. The zero-order chi connectivity index (χ0) is 26.9. The minimum atomic E-state index is -1.37. The molecule has 0 aliphatic rings. The van der Waals surface area contributed by atoms with E-state index in [1.807, 2.05) is 0 Å². The molecule has 13 heteroatoms. The average Bonchev–Trinajstić information content (AvgIpc) is 3.30. The SMILES string of the molecule is COCCN(Cc1c(OC)ccc(F)c1F)c1ccc(F)c(-n2c(=O)[nH]c3csc(C(=O)O)c3c2=O)c1. The van der Waals surface area contributed by atoms with Gasteiger partial charge in [-0.1, -0.05) is 0 Å². The van der Waals surface area contributed by atoms with Crippen molar-refractivity contribution >= 4 is 33.9 Å². The van der Waals surface area contributed by atoms with Gasteiger partial charge in [-0.3, -0.25) is 4.79 Å². The third-order valence-electron chi connectivity index (χ3n) is 5.67. The molecular formula is C24H20F3N3O6S. The quantitative estimate of drug-likeness (QED) is 0.337. The number of carboxylic acid groups (broad SMARTS) is 1. The number of nitrogens with one attached hydrogen (secondary N) is 1. The van der Waals surface area contributed by atoms with Gasteiger partial charge in [0.2, 0.25) is 0 Å². The van der Waals surface area contributed by atoms with Gasteiger partial charge in [-0.15, -0.1) is 11.3 Å². The number of hydrogen-bond acceptors (Lipinski definition) is 7. The summed E-state index contributed by atoms with van der Waals surface area (Å²) in [6.45, 7) is 0.0627. The molecule has 0 fully saturated rings. The number of rotatable bonds is 9. The first-order valence-corrected chi connectivity index (χ1v) is 11.6. The van der Waals surface area contributed by atoms with Crippen LogP contribution in [0.25, 0.3) is 16.6 Å². The van der Waals surface area contributed by atoms with Gasteiger partial charge in [-0.05, 0) is 30.3 Å². The summed E-state index contributed by atoms with van der Waals surface area (Å²) in [7, 11) is 2.74. The summed E-state index contributed by atoms with van der Waals surface area (Å²) in [6, 6.07) is 5.73. The Morgan fingerprint density at radius 1 is 1.14 bits per heavy atom.